The molecule has 1 aromatic rings. The van der Waals surface area contributed by atoms with E-state index in [4.69, 9.17) is 9.47 Å². The first kappa shape index (κ1) is 15.9. The molecule has 2 N–H and O–H groups in total. The van der Waals surface area contributed by atoms with Gasteiger partial charge >= 0.3 is 0 Å². The summed E-state index contributed by atoms with van der Waals surface area (Å²) >= 11 is 0. The van der Waals surface area contributed by atoms with Crippen molar-refractivity contribution >= 4 is 5.82 Å². The second-order valence-corrected chi connectivity index (χ2v) is 4.79. The number of aliphatic hydroxyl groups excluding tert-OH is 1. The topological polar surface area (TPSA) is 63.6 Å². The molecule has 1 unspecified atom stereocenters. The highest BCUT2D eigenvalue weighted by Crippen LogP contribution is 2.17. The fourth-order valence-electron chi connectivity index (χ4n) is 1.70. The molecule has 19 heavy (non-hydrogen) atoms. The maximum atomic E-state index is 9.28. The third kappa shape index (κ3) is 5.14. The van der Waals surface area contributed by atoms with Gasteiger partial charge in [-0.25, -0.2) is 4.98 Å². The van der Waals surface area contributed by atoms with E-state index in [1.54, 1.807) is 14.2 Å². The van der Waals surface area contributed by atoms with Crippen molar-refractivity contribution in [2.75, 3.05) is 32.7 Å². The summed E-state index contributed by atoms with van der Waals surface area (Å²) in [6.45, 7) is 5.32. The lowest BCUT2D eigenvalue weighted by Crippen LogP contribution is -2.27. The third-order valence-corrected chi connectivity index (χ3v) is 2.88. The summed E-state index contributed by atoms with van der Waals surface area (Å²) in [6, 6.07) is 3.78. The lowest BCUT2D eigenvalue weighted by molar-refractivity contribution is 0.0365. The highest BCUT2D eigenvalue weighted by Gasteiger charge is 2.09. The lowest BCUT2D eigenvalue weighted by Gasteiger charge is -2.17. The molecule has 1 heterocycles. The van der Waals surface area contributed by atoms with Crippen LogP contribution in [0.4, 0.5) is 5.82 Å². The van der Waals surface area contributed by atoms with Crippen LogP contribution < -0.4 is 5.32 Å². The quantitative estimate of drug-likeness (QED) is 0.752. The molecule has 0 fully saturated rings. The van der Waals surface area contributed by atoms with Gasteiger partial charge in [0.2, 0.25) is 0 Å². The number of aromatic nitrogens is 1. The van der Waals surface area contributed by atoms with Crippen molar-refractivity contribution in [2.24, 2.45) is 0 Å². The Balaban J connectivity index is 2.73. The molecule has 1 rings (SSSR count). The van der Waals surface area contributed by atoms with Crippen molar-refractivity contribution in [1.29, 1.82) is 0 Å². The summed E-state index contributed by atoms with van der Waals surface area (Å²) in [6.07, 6.45) is -0.0212. The molecule has 108 valence electrons. The predicted octanol–water partition coefficient (Wildman–Crippen LogP) is 1.77. The summed E-state index contributed by atoms with van der Waals surface area (Å²) in [5.74, 6) is 1.08. The standard InChI is InChI=1S/C14H24N2O3/c1-10(2)13-5-11(8-17)6-14(16-13)15-7-12(19-4)9-18-3/h5-6,10,12,17H,7-9H2,1-4H3,(H,15,16). The van der Waals surface area contributed by atoms with E-state index in [1.807, 2.05) is 12.1 Å². The van der Waals surface area contributed by atoms with Gasteiger partial charge < -0.3 is 19.9 Å². The fourth-order valence-corrected chi connectivity index (χ4v) is 1.70. The van der Waals surface area contributed by atoms with Gasteiger partial charge in [-0.2, -0.15) is 0 Å². The predicted molar refractivity (Wildman–Crippen MR) is 75.4 cm³/mol. The van der Waals surface area contributed by atoms with E-state index in [1.165, 1.54) is 0 Å². The van der Waals surface area contributed by atoms with Crippen molar-refractivity contribution in [3.8, 4) is 0 Å². The van der Waals surface area contributed by atoms with Crippen molar-refractivity contribution < 1.29 is 14.6 Å². The Kier molecular flexibility index (Phi) is 6.77. The Morgan fingerprint density at radius 3 is 2.58 bits per heavy atom. The zero-order valence-electron chi connectivity index (χ0n) is 12.1. The average molecular weight is 268 g/mol. The molecule has 5 nitrogen and oxygen atoms in total. The number of pyridine rings is 1. The first-order valence-corrected chi connectivity index (χ1v) is 6.48. The van der Waals surface area contributed by atoms with Gasteiger partial charge in [0.05, 0.1) is 19.3 Å². The van der Waals surface area contributed by atoms with Crippen molar-refractivity contribution in [3.05, 3.63) is 23.4 Å². The normalized spacial score (nSPS) is 12.7. The second kappa shape index (κ2) is 8.09. The minimum Gasteiger partial charge on any atom is -0.392 e. The Morgan fingerprint density at radius 2 is 2.05 bits per heavy atom. The molecule has 0 spiro atoms. The smallest absolute Gasteiger partial charge is 0.126 e. The van der Waals surface area contributed by atoms with Crippen LogP contribution in [0.2, 0.25) is 0 Å². The van der Waals surface area contributed by atoms with Crippen LogP contribution in [0.25, 0.3) is 0 Å². The molecule has 0 aliphatic rings. The van der Waals surface area contributed by atoms with Gasteiger partial charge in [0, 0.05) is 26.5 Å². The summed E-state index contributed by atoms with van der Waals surface area (Å²) in [5.41, 5.74) is 1.83. The van der Waals surface area contributed by atoms with Crippen LogP contribution in [0.1, 0.15) is 31.0 Å². The van der Waals surface area contributed by atoms with Gasteiger partial charge in [0.15, 0.2) is 0 Å². The van der Waals surface area contributed by atoms with Crippen LogP contribution in [-0.4, -0.2) is 43.6 Å². The van der Waals surface area contributed by atoms with E-state index in [9.17, 15) is 5.11 Å². The molecule has 0 aliphatic heterocycles. The monoisotopic (exact) mass is 268 g/mol. The van der Waals surface area contributed by atoms with E-state index < -0.39 is 0 Å². The van der Waals surface area contributed by atoms with Crippen LogP contribution >= 0.6 is 0 Å². The number of hydrogen-bond acceptors (Lipinski definition) is 5. The summed E-state index contributed by atoms with van der Waals surface area (Å²) in [7, 11) is 3.30. The van der Waals surface area contributed by atoms with Crippen LogP contribution in [0.15, 0.2) is 12.1 Å². The fraction of sp³-hybridized carbons (Fsp3) is 0.643. The van der Waals surface area contributed by atoms with Crippen LogP contribution in [0.3, 0.4) is 0 Å². The summed E-state index contributed by atoms with van der Waals surface area (Å²) < 4.78 is 10.3. The zero-order chi connectivity index (χ0) is 14.3. The van der Waals surface area contributed by atoms with Crippen molar-refractivity contribution in [2.45, 2.75) is 32.5 Å². The highest BCUT2D eigenvalue weighted by atomic mass is 16.5. The summed E-state index contributed by atoms with van der Waals surface area (Å²) in [4.78, 5) is 4.53. The summed E-state index contributed by atoms with van der Waals surface area (Å²) in [5, 5.41) is 12.5. The minimum atomic E-state index is -0.0212. The molecule has 1 atom stereocenters. The largest absolute Gasteiger partial charge is 0.392 e. The second-order valence-electron chi connectivity index (χ2n) is 4.79. The highest BCUT2D eigenvalue weighted by molar-refractivity contribution is 5.40. The molecular weight excluding hydrogens is 244 g/mol. The number of aliphatic hydroxyl groups is 1. The van der Waals surface area contributed by atoms with Crippen LogP contribution in [-0.2, 0) is 16.1 Å². The molecule has 5 heteroatoms. The van der Waals surface area contributed by atoms with Crippen molar-refractivity contribution in [3.63, 3.8) is 0 Å². The van der Waals surface area contributed by atoms with Gasteiger partial charge in [-0.1, -0.05) is 13.8 Å². The molecule has 0 bridgehead atoms. The molecule has 0 aromatic carbocycles. The maximum absolute atomic E-state index is 9.28. The third-order valence-electron chi connectivity index (χ3n) is 2.88. The Morgan fingerprint density at radius 1 is 1.32 bits per heavy atom. The first-order chi connectivity index (χ1) is 9.10. The number of anilines is 1. The van der Waals surface area contributed by atoms with Crippen molar-refractivity contribution in [1.82, 2.24) is 4.98 Å². The van der Waals surface area contributed by atoms with Gasteiger partial charge in [0.25, 0.3) is 0 Å². The molecule has 0 saturated carbocycles. The maximum Gasteiger partial charge on any atom is 0.126 e. The van der Waals surface area contributed by atoms with Crippen LogP contribution in [0.5, 0.6) is 0 Å². The molecule has 1 aromatic heterocycles. The van der Waals surface area contributed by atoms with E-state index in [0.29, 0.717) is 19.1 Å². The SMILES string of the molecule is COCC(CNc1cc(CO)cc(C(C)C)n1)OC. The Hall–Kier alpha value is -1.17. The molecule has 0 radical (unpaired) electrons. The molecule has 0 aliphatic carbocycles. The van der Waals surface area contributed by atoms with E-state index in [2.05, 4.69) is 24.1 Å². The first-order valence-electron chi connectivity index (χ1n) is 6.48. The van der Waals surface area contributed by atoms with E-state index in [0.717, 1.165) is 17.1 Å². The van der Waals surface area contributed by atoms with Gasteiger partial charge in [-0.05, 0) is 23.6 Å². The average Bonchev–Trinajstić information content (AvgIpc) is 2.42. The van der Waals surface area contributed by atoms with Gasteiger partial charge in [0.1, 0.15) is 5.82 Å². The zero-order valence-corrected chi connectivity index (χ0v) is 12.1. The number of nitrogens with one attached hydrogen (secondary N) is 1. The number of nitrogens with zero attached hydrogens (tertiary/aromatic N) is 1. The van der Waals surface area contributed by atoms with Gasteiger partial charge in [-0.3, -0.25) is 0 Å². The number of hydrogen-bond donors (Lipinski definition) is 2. The van der Waals surface area contributed by atoms with Crippen LogP contribution in [0, 0.1) is 0 Å². The lowest BCUT2D eigenvalue weighted by atomic mass is 10.1. The number of ether oxygens (including phenoxy) is 2. The Bertz CT molecular complexity index is 383. The van der Waals surface area contributed by atoms with Gasteiger partial charge in [-0.15, -0.1) is 0 Å². The van der Waals surface area contributed by atoms with E-state index >= 15 is 0 Å². The number of rotatable bonds is 8. The minimum absolute atomic E-state index is 0.0166. The molecular formula is C14H24N2O3. The Labute approximate surface area is 115 Å². The van der Waals surface area contributed by atoms with E-state index in [-0.39, 0.29) is 12.7 Å². The molecule has 0 saturated heterocycles. The number of methoxy groups -OCH3 is 2. The molecule has 0 amide bonds.